The molecule has 0 spiro atoms. The summed E-state index contributed by atoms with van der Waals surface area (Å²) < 4.78 is 11.6. The van der Waals surface area contributed by atoms with E-state index in [-0.39, 0.29) is 0 Å². The Morgan fingerprint density at radius 2 is 1.00 bits per heavy atom. The van der Waals surface area contributed by atoms with Crippen molar-refractivity contribution < 1.29 is 9.47 Å². The zero-order valence-electron chi connectivity index (χ0n) is 12.8. The Balaban J connectivity index is 1.65. The van der Waals surface area contributed by atoms with E-state index in [1.54, 1.807) is 0 Å². The van der Waals surface area contributed by atoms with Gasteiger partial charge in [-0.15, -0.1) is 13.2 Å². The third-order valence-electron chi connectivity index (χ3n) is 5.00. The second-order valence-corrected chi connectivity index (χ2v) is 6.32. The highest BCUT2D eigenvalue weighted by Crippen LogP contribution is 2.39. The van der Waals surface area contributed by atoms with Gasteiger partial charge in [0.2, 0.25) is 0 Å². The zero-order chi connectivity index (χ0) is 14.2. The lowest BCUT2D eigenvalue weighted by atomic mass is 9.72. The fourth-order valence-electron chi connectivity index (χ4n) is 3.86. The highest BCUT2D eigenvalue weighted by molar-refractivity contribution is 4.83. The first-order valence-corrected chi connectivity index (χ1v) is 8.28. The predicted octanol–water partition coefficient (Wildman–Crippen LogP) is 4.51. The molecule has 0 aromatic rings. The standard InChI is InChI=1S/C18H30O2/c1-3-13-19-17-9-5-15(6-10-17)16-7-11-18(12-8-16)20-14-4-2/h3-4,15-18H,1-2,5-14H2. The largest absolute Gasteiger partial charge is 0.374 e. The molecule has 0 aromatic carbocycles. The fraction of sp³-hybridized carbons (Fsp3) is 0.778. The average Bonchev–Trinajstić information content (AvgIpc) is 2.52. The summed E-state index contributed by atoms with van der Waals surface area (Å²) >= 11 is 0. The van der Waals surface area contributed by atoms with Crippen LogP contribution in [-0.2, 0) is 9.47 Å². The van der Waals surface area contributed by atoms with Gasteiger partial charge in [0, 0.05) is 0 Å². The quantitative estimate of drug-likeness (QED) is 0.638. The summed E-state index contributed by atoms with van der Waals surface area (Å²) in [6.45, 7) is 8.86. The molecule has 0 aliphatic heterocycles. The monoisotopic (exact) mass is 278 g/mol. The lowest BCUT2D eigenvalue weighted by Crippen LogP contribution is -2.30. The predicted molar refractivity (Wildman–Crippen MR) is 83.8 cm³/mol. The van der Waals surface area contributed by atoms with Gasteiger partial charge in [0.05, 0.1) is 25.4 Å². The molecule has 2 nitrogen and oxygen atoms in total. The number of hydrogen-bond acceptors (Lipinski definition) is 2. The average molecular weight is 278 g/mol. The number of ether oxygens (including phenoxy) is 2. The van der Waals surface area contributed by atoms with Gasteiger partial charge in [-0.05, 0) is 63.2 Å². The molecule has 2 aliphatic carbocycles. The molecule has 2 fully saturated rings. The molecule has 0 bridgehead atoms. The summed E-state index contributed by atoms with van der Waals surface area (Å²) in [5, 5.41) is 0. The van der Waals surface area contributed by atoms with E-state index >= 15 is 0 Å². The first-order valence-electron chi connectivity index (χ1n) is 8.28. The maximum Gasteiger partial charge on any atom is 0.0648 e. The van der Waals surface area contributed by atoms with Crippen LogP contribution in [0.5, 0.6) is 0 Å². The van der Waals surface area contributed by atoms with Crippen molar-refractivity contribution in [3.05, 3.63) is 25.3 Å². The van der Waals surface area contributed by atoms with Crippen LogP contribution in [0.1, 0.15) is 51.4 Å². The molecule has 2 aliphatic rings. The van der Waals surface area contributed by atoms with E-state index in [4.69, 9.17) is 9.47 Å². The second kappa shape index (κ2) is 8.63. The molecule has 0 radical (unpaired) electrons. The van der Waals surface area contributed by atoms with Gasteiger partial charge in [-0.1, -0.05) is 12.2 Å². The lowest BCUT2D eigenvalue weighted by Gasteiger charge is -2.37. The van der Waals surface area contributed by atoms with Crippen molar-refractivity contribution in [3.63, 3.8) is 0 Å². The van der Waals surface area contributed by atoms with Crippen LogP contribution in [0.4, 0.5) is 0 Å². The Labute approximate surface area is 124 Å². The number of rotatable bonds is 7. The van der Waals surface area contributed by atoms with Crippen LogP contribution in [-0.4, -0.2) is 25.4 Å². The second-order valence-electron chi connectivity index (χ2n) is 6.32. The van der Waals surface area contributed by atoms with E-state index in [9.17, 15) is 0 Å². The van der Waals surface area contributed by atoms with E-state index < -0.39 is 0 Å². The highest BCUT2D eigenvalue weighted by atomic mass is 16.5. The maximum atomic E-state index is 5.78. The smallest absolute Gasteiger partial charge is 0.0648 e. The summed E-state index contributed by atoms with van der Waals surface area (Å²) in [6.07, 6.45) is 15.1. The topological polar surface area (TPSA) is 18.5 Å². The van der Waals surface area contributed by atoms with Gasteiger partial charge in [-0.2, -0.15) is 0 Å². The summed E-state index contributed by atoms with van der Waals surface area (Å²) in [6, 6.07) is 0. The van der Waals surface area contributed by atoms with Crippen LogP contribution >= 0.6 is 0 Å². The van der Waals surface area contributed by atoms with Crippen LogP contribution in [0.15, 0.2) is 25.3 Å². The first kappa shape index (κ1) is 15.8. The van der Waals surface area contributed by atoms with Crippen molar-refractivity contribution in [2.45, 2.75) is 63.6 Å². The van der Waals surface area contributed by atoms with Crippen LogP contribution in [0, 0.1) is 11.8 Å². The van der Waals surface area contributed by atoms with Gasteiger partial charge in [0.15, 0.2) is 0 Å². The Hall–Kier alpha value is -0.600. The van der Waals surface area contributed by atoms with Crippen molar-refractivity contribution in [1.82, 2.24) is 0 Å². The molecule has 2 saturated carbocycles. The van der Waals surface area contributed by atoms with E-state index in [2.05, 4.69) is 13.2 Å². The van der Waals surface area contributed by atoms with Crippen LogP contribution in [0.2, 0.25) is 0 Å². The third kappa shape index (κ3) is 4.75. The molecule has 0 unspecified atom stereocenters. The van der Waals surface area contributed by atoms with Gasteiger partial charge in [-0.3, -0.25) is 0 Å². The minimum Gasteiger partial charge on any atom is -0.374 e. The highest BCUT2D eigenvalue weighted by Gasteiger charge is 2.31. The van der Waals surface area contributed by atoms with Gasteiger partial charge in [0.25, 0.3) is 0 Å². The first-order chi connectivity index (χ1) is 9.83. The SMILES string of the molecule is C=CCOC1CCC(C2CCC(OCC=C)CC2)CC1. The minimum absolute atomic E-state index is 0.483. The molecule has 0 N–H and O–H groups in total. The Morgan fingerprint density at radius 3 is 1.30 bits per heavy atom. The molecule has 2 heteroatoms. The Kier molecular flexibility index (Phi) is 6.81. The van der Waals surface area contributed by atoms with E-state index in [0.717, 1.165) is 11.8 Å². The van der Waals surface area contributed by atoms with E-state index in [0.29, 0.717) is 25.4 Å². The van der Waals surface area contributed by atoms with Crippen molar-refractivity contribution in [2.24, 2.45) is 11.8 Å². The molecule has 114 valence electrons. The maximum absolute atomic E-state index is 5.78. The minimum atomic E-state index is 0.483. The van der Waals surface area contributed by atoms with Crippen molar-refractivity contribution >= 4 is 0 Å². The third-order valence-corrected chi connectivity index (χ3v) is 5.00. The Morgan fingerprint density at radius 1 is 0.650 bits per heavy atom. The summed E-state index contributed by atoms with van der Waals surface area (Å²) in [5.74, 6) is 1.86. The normalized spacial score (nSPS) is 34.6. The van der Waals surface area contributed by atoms with Crippen molar-refractivity contribution in [3.8, 4) is 0 Å². The van der Waals surface area contributed by atoms with Gasteiger partial charge >= 0.3 is 0 Å². The van der Waals surface area contributed by atoms with Crippen molar-refractivity contribution in [1.29, 1.82) is 0 Å². The van der Waals surface area contributed by atoms with Crippen LogP contribution < -0.4 is 0 Å². The summed E-state index contributed by atoms with van der Waals surface area (Å²) in [7, 11) is 0. The Bertz CT molecular complexity index is 254. The molecular weight excluding hydrogens is 248 g/mol. The molecular formula is C18H30O2. The van der Waals surface area contributed by atoms with Gasteiger partial charge in [0.1, 0.15) is 0 Å². The van der Waals surface area contributed by atoms with Gasteiger partial charge in [-0.25, -0.2) is 0 Å². The van der Waals surface area contributed by atoms with Crippen LogP contribution in [0.3, 0.4) is 0 Å². The molecule has 0 saturated heterocycles. The van der Waals surface area contributed by atoms with E-state index in [1.807, 2.05) is 12.2 Å². The fourth-order valence-corrected chi connectivity index (χ4v) is 3.86. The van der Waals surface area contributed by atoms with E-state index in [1.165, 1.54) is 51.4 Å². The molecule has 0 heterocycles. The molecule has 0 aromatic heterocycles. The van der Waals surface area contributed by atoms with Crippen LogP contribution in [0.25, 0.3) is 0 Å². The molecule has 2 rings (SSSR count). The van der Waals surface area contributed by atoms with Crippen molar-refractivity contribution in [2.75, 3.05) is 13.2 Å². The number of hydrogen-bond donors (Lipinski definition) is 0. The zero-order valence-corrected chi connectivity index (χ0v) is 12.8. The molecule has 20 heavy (non-hydrogen) atoms. The van der Waals surface area contributed by atoms with Gasteiger partial charge < -0.3 is 9.47 Å². The molecule has 0 atom stereocenters. The summed E-state index contributed by atoms with van der Waals surface area (Å²) in [4.78, 5) is 0. The lowest BCUT2D eigenvalue weighted by molar-refractivity contribution is 0.00203. The molecule has 0 amide bonds. The summed E-state index contributed by atoms with van der Waals surface area (Å²) in [5.41, 5.74) is 0.